The Labute approximate surface area is 171 Å². The van der Waals surface area contributed by atoms with Gasteiger partial charge in [0.05, 0.1) is 18.6 Å². The molecule has 8 nitrogen and oxygen atoms in total. The molecule has 1 amide bonds. The van der Waals surface area contributed by atoms with Gasteiger partial charge < -0.3 is 23.9 Å². The van der Waals surface area contributed by atoms with E-state index in [1.807, 2.05) is 6.92 Å². The summed E-state index contributed by atoms with van der Waals surface area (Å²) in [5, 5.41) is 3.00. The lowest BCUT2D eigenvalue weighted by Crippen LogP contribution is -2.21. The van der Waals surface area contributed by atoms with Crippen molar-refractivity contribution in [3.8, 4) is 11.5 Å². The quantitative estimate of drug-likeness (QED) is 0.661. The average Bonchev–Trinajstić information content (AvgIpc) is 2.97. The van der Waals surface area contributed by atoms with Crippen LogP contribution in [0.3, 0.4) is 0 Å². The summed E-state index contributed by atoms with van der Waals surface area (Å²) in [5.41, 5.74) is 1.30. The predicted octanol–water partition coefficient (Wildman–Crippen LogP) is 3.06. The van der Waals surface area contributed by atoms with E-state index in [1.165, 1.54) is 0 Å². The van der Waals surface area contributed by atoms with Crippen molar-refractivity contribution >= 4 is 28.5 Å². The highest BCUT2D eigenvalue weighted by Crippen LogP contribution is 2.32. The Morgan fingerprint density at radius 2 is 1.83 bits per heavy atom. The number of rotatable bonds is 4. The lowest BCUT2D eigenvalue weighted by atomic mass is 10.1. The third kappa shape index (κ3) is 4.27. The van der Waals surface area contributed by atoms with Crippen LogP contribution in [0.25, 0.3) is 11.0 Å². The lowest BCUT2D eigenvalue weighted by Gasteiger charge is -2.10. The number of carbonyl (C=O) groups excluding carboxylic acids is 2. The van der Waals surface area contributed by atoms with Gasteiger partial charge in [0.25, 0.3) is 5.91 Å². The maximum absolute atomic E-state index is 12.2. The number of fused-ring (bicyclic) bond motifs is 2. The Kier molecular flexibility index (Phi) is 5.38. The zero-order valence-corrected chi connectivity index (χ0v) is 16.2. The molecule has 0 radical (unpaired) electrons. The number of ether oxygens (including phenoxy) is 3. The van der Waals surface area contributed by atoms with E-state index < -0.39 is 18.5 Å². The second-order valence-corrected chi connectivity index (χ2v) is 6.81. The van der Waals surface area contributed by atoms with Crippen molar-refractivity contribution in [2.45, 2.75) is 13.3 Å². The van der Waals surface area contributed by atoms with Crippen LogP contribution in [0.4, 0.5) is 5.69 Å². The molecule has 2 heterocycles. The van der Waals surface area contributed by atoms with Gasteiger partial charge in [0.2, 0.25) is 5.76 Å². The van der Waals surface area contributed by atoms with Gasteiger partial charge in [-0.2, -0.15) is 0 Å². The molecule has 0 bridgehead atoms. The minimum Gasteiger partial charge on any atom is -0.490 e. The Hall–Kier alpha value is -3.81. The molecule has 1 aromatic heterocycles. The van der Waals surface area contributed by atoms with Crippen molar-refractivity contribution in [1.82, 2.24) is 0 Å². The molecule has 30 heavy (non-hydrogen) atoms. The van der Waals surface area contributed by atoms with Crippen LogP contribution in [-0.4, -0.2) is 31.7 Å². The summed E-state index contributed by atoms with van der Waals surface area (Å²) in [6.45, 7) is 2.41. The van der Waals surface area contributed by atoms with Crippen LogP contribution in [0.15, 0.2) is 51.7 Å². The molecule has 4 rings (SSSR count). The largest absolute Gasteiger partial charge is 0.490 e. The summed E-state index contributed by atoms with van der Waals surface area (Å²) in [4.78, 5) is 36.6. The van der Waals surface area contributed by atoms with Crippen molar-refractivity contribution in [2.24, 2.45) is 0 Å². The molecule has 8 heteroatoms. The number of nitrogens with one attached hydrogen (secondary N) is 1. The number of hydrogen-bond donors (Lipinski definition) is 1. The molecular formula is C22H19NO7. The Morgan fingerprint density at radius 3 is 2.67 bits per heavy atom. The predicted molar refractivity (Wildman–Crippen MR) is 108 cm³/mol. The average molecular weight is 409 g/mol. The molecule has 0 unspecified atom stereocenters. The zero-order valence-electron chi connectivity index (χ0n) is 16.2. The summed E-state index contributed by atoms with van der Waals surface area (Å²) in [6, 6.07) is 11.1. The highest BCUT2D eigenvalue weighted by atomic mass is 16.5. The van der Waals surface area contributed by atoms with Crippen LogP contribution in [0.1, 0.15) is 22.5 Å². The first-order valence-electron chi connectivity index (χ1n) is 9.41. The second-order valence-electron chi connectivity index (χ2n) is 6.81. The van der Waals surface area contributed by atoms with Gasteiger partial charge in [-0.25, -0.2) is 4.79 Å². The van der Waals surface area contributed by atoms with E-state index in [-0.39, 0.29) is 16.8 Å². The topological polar surface area (TPSA) is 104 Å². The Morgan fingerprint density at radius 1 is 1.03 bits per heavy atom. The molecule has 2 aromatic carbocycles. The van der Waals surface area contributed by atoms with Gasteiger partial charge in [-0.3, -0.25) is 9.59 Å². The number of carbonyl (C=O) groups is 2. The summed E-state index contributed by atoms with van der Waals surface area (Å²) < 4.78 is 21.5. The maximum atomic E-state index is 12.2. The van der Waals surface area contributed by atoms with Gasteiger partial charge in [-0.15, -0.1) is 0 Å². The molecular weight excluding hydrogens is 390 g/mol. The number of benzene rings is 2. The third-order valence-electron chi connectivity index (χ3n) is 4.45. The van der Waals surface area contributed by atoms with Crippen LogP contribution in [-0.2, 0) is 9.53 Å². The van der Waals surface area contributed by atoms with E-state index >= 15 is 0 Å². The van der Waals surface area contributed by atoms with E-state index in [9.17, 15) is 14.4 Å². The summed E-state index contributed by atoms with van der Waals surface area (Å²) >= 11 is 0. The minimum absolute atomic E-state index is 0.264. The number of hydrogen-bond acceptors (Lipinski definition) is 7. The highest BCUT2D eigenvalue weighted by molar-refractivity contribution is 5.95. The smallest absolute Gasteiger partial charge is 0.374 e. The van der Waals surface area contributed by atoms with Crippen LogP contribution in [0, 0.1) is 6.92 Å². The summed E-state index contributed by atoms with van der Waals surface area (Å²) in [5.74, 6) is -0.561. The monoisotopic (exact) mass is 409 g/mol. The summed E-state index contributed by atoms with van der Waals surface area (Å²) in [6.07, 6.45) is 0.775. The first kappa shape index (κ1) is 19.5. The lowest BCUT2D eigenvalue weighted by molar-refractivity contribution is -0.119. The van der Waals surface area contributed by atoms with Crippen LogP contribution in [0.2, 0.25) is 0 Å². The van der Waals surface area contributed by atoms with Crippen molar-refractivity contribution in [2.75, 3.05) is 25.1 Å². The molecule has 154 valence electrons. The van der Waals surface area contributed by atoms with Gasteiger partial charge in [-0.1, -0.05) is 11.6 Å². The normalized spacial score (nSPS) is 12.8. The van der Waals surface area contributed by atoms with E-state index in [0.29, 0.717) is 35.8 Å². The van der Waals surface area contributed by atoms with Gasteiger partial charge in [-0.05, 0) is 31.2 Å². The van der Waals surface area contributed by atoms with Gasteiger partial charge >= 0.3 is 5.97 Å². The first-order valence-corrected chi connectivity index (χ1v) is 9.41. The molecule has 0 spiro atoms. The van der Waals surface area contributed by atoms with Crippen molar-refractivity contribution < 1.29 is 28.2 Å². The number of amides is 1. The molecule has 1 aliphatic heterocycles. The van der Waals surface area contributed by atoms with Gasteiger partial charge in [0.1, 0.15) is 5.58 Å². The fraction of sp³-hybridized carbons (Fsp3) is 0.227. The van der Waals surface area contributed by atoms with E-state index in [0.717, 1.165) is 18.1 Å². The van der Waals surface area contributed by atoms with Crippen molar-refractivity contribution in [3.05, 3.63) is 64.0 Å². The fourth-order valence-electron chi connectivity index (χ4n) is 3.01. The van der Waals surface area contributed by atoms with E-state index in [4.69, 9.17) is 18.6 Å². The van der Waals surface area contributed by atoms with Gasteiger partial charge in [0, 0.05) is 24.2 Å². The molecule has 1 N–H and O–H groups in total. The van der Waals surface area contributed by atoms with Gasteiger partial charge in [0.15, 0.2) is 23.5 Å². The molecule has 0 saturated carbocycles. The molecule has 0 aliphatic carbocycles. The van der Waals surface area contributed by atoms with Crippen LogP contribution >= 0.6 is 0 Å². The molecule has 1 aliphatic rings. The van der Waals surface area contributed by atoms with Crippen LogP contribution in [0.5, 0.6) is 11.5 Å². The minimum atomic E-state index is -0.900. The third-order valence-corrected chi connectivity index (χ3v) is 4.45. The Bertz CT molecular complexity index is 1180. The highest BCUT2D eigenvalue weighted by Gasteiger charge is 2.17. The Balaban J connectivity index is 1.40. The first-order chi connectivity index (χ1) is 14.5. The molecule has 0 fully saturated rings. The SMILES string of the molecule is Cc1ccc2oc(C(=O)OCC(=O)Nc3ccc4c(c3)OCCCO4)cc(=O)c2c1. The number of aryl methyl sites for hydroxylation is 1. The number of esters is 1. The standard InChI is InChI=1S/C22H19NO7/c1-13-3-5-17-15(9-13)16(24)11-20(30-17)22(26)29-12-21(25)23-14-4-6-18-19(10-14)28-8-2-7-27-18/h3-6,9-11H,2,7-8,12H2,1H3,(H,23,25). The molecule has 3 aromatic rings. The van der Waals surface area contributed by atoms with Crippen molar-refractivity contribution in [1.29, 1.82) is 0 Å². The molecule has 0 atom stereocenters. The van der Waals surface area contributed by atoms with Crippen LogP contribution < -0.4 is 20.2 Å². The molecule has 0 saturated heterocycles. The number of anilines is 1. The summed E-state index contributed by atoms with van der Waals surface area (Å²) in [7, 11) is 0. The maximum Gasteiger partial charge on any atom is 0.374 e. The van der Waals surface area contributed by atoms with Crippen molar-refractivity contribution in [3.63, 3.8) is 0 Å². The van der Waals surface area contributed by atoms with E-state index in [2.05, 4.69) is 5.32 Å². The van der Waals surface area contributed by atoms with E-state index in [1.54, 1.807) is 36.4 Å². The second kappa shape index (κ2) is 8.28. The fourth-order valence-corrected chi connectivity index (χ4v) is 3.01. The zero-order chi connectivity index (χ0) is 21.1.